The molecule has 1 rings (SSSR count). The molecule has 0 aliphatic heterocycles. The van der Waals surface area contributed by atoms with Gasteiger partial charge in [-0.15, -0.1) is 0 Å². The van der Waals surface area contributed by atoms with E-state index in [1.54, 1.807) is 0 Å². The number of sulfone groups is 1. The molecule has 0 amide bonds. The molecular weight excluding hydrogens is 221 g/mol. The lowest BCUT2D eigenvalue weighted by molar-refractivity contribution is -0.114. The number of ketones is 1. The summed E-state index contributed by atoms with van der Waals surface area (Å²) >= 11 is 0. The van der Waals surface area contributed by atoms with E-state index in [0.29, 0.717) is 6.08 Å². The van der Waals surface area contributed by atoms with Crippen molar-refractivity contribution in [3.8, 4) is 0 Å². The van der Waals surface area contributed by atoms with Gasteiger partial charge in [0.25, 0.3) is 9.84 Å². The second-order valence-electron chi connectivity index (χ2n) is 2.54. The minimum atomic E-state index is -5.49. The largest absolute Gasteiger partial charge is 0.502 e. The molecule has 0 atom stereocenters. The lowest BCUT2D eigenvalue weighted by Gasteiger charge is -2.11. The van der Waals surface area contributed by atoms with Crippen molar-refractivity contribution in [2.24, 2.45) is 0 Å². The third-order valence-corrected chi connectivity index (χ3v) is 3.11. The average molecular weight is 226 g/mol. The van der Waals surface area contributed by atoms with E-state index in [4.69, 9.17) is 0 Å². The van der Waals surface area contributed by atoms with E-state index in [1.807, 2.05) is 0 Å². The number of hydrogen-bond donors (Lipinski definition) is 0. The molecule has 3 nitrogen and oxygen atoms in total. The fourth-order valence-corrected chi connectivity index (χ4v) is 1.78. The highest BCUT2D eigenvalue weighted by molar-refractivity contribution is 7.97. The molecule has 0 spiro atoms. The number of Topliss-reactive ketones (excluding diaryl/α,β-unsaturated/α-hetero) is 1. The molecule has 7 heteroatoms. The van der Waals surface area contributed by atoms with Crippen molar-refractivity contribution in [2.45, 2.75) is 11.9 Å². The minimum Gasteiger partial charge on any atom is -0.293 e. The fourth-order valence-electron chi connectivity index (χ4n) is 0.888. The van der Waals surface area contributed by atoms with Gasteiger partial charge in [-0.25, -0.2) is 8.42 Å². The first-order valence-corrected chi connectivity index (χ1v) is 4.96. The SMILES string of the molecule is O=C1CC=CC=C1S(=O)(=O)C(F)(F)F. The molecule has 0 radical (unpaired) electrons. The number of hydrogen-bond acceptors (Lipinski definition) is 3. The zero-order valence-electron chi connectivity index (χ0n) is 6.71. The molecule has 0 fully saturated rings. The van der Waals surface area contributed by atoms with Gasteiger partial charge in [-0.2, -0.15) is 13.2 Å². The molecule has 0 unspecified atom stereocenters. The molecule has 0 saturated carbocycles. The molecule has 0 aromatic carbocycles. The normalized spacial score (nSPS) is 18.2. The van der Waals surface area contributed by atoms with Crippen LogP contribution in [0.3, 0.4) is 0 Å². The van der Waals surface area contributed by atoms with Crippen LogP contribution < -0.4 is 0 Å². The lowest BCUT2D eigenvalue weighted by atomic mass is 10.2. The maximum atomic E-state index is 12.0. The zero-order chi connectivity index (χ0) is 11.0. The molecule has 14 heavy (non-hydrogen) atoms. The van der Waals surface area contributed by atoms with Crippen molar-refractivity contribution < 1.29 is 26.4 Å². The van der Waals surface area contributed by atoms with Crippen LogP contribution in [-0.2, 0) is 14.6 Å². The molecule has 1 aliphatic rings. The summed E-state index contributed by atoms with van der Waals surface area (Å²) in [6.07, 6.45) is 2.74. The molecule has 78 valence electrons. The quantitative estimate of drug-likeness (QED) is 0.677. The Labute approximate surface area is 77.8 Å². The van der Waals surface area contributed by atoms with Gasteiger partial charge in [0.2, 0.25) is 0 Å². The van der Waals surface area contributed by atoms with Crippen LogP contribution in [0.1, 0.15) is 6.42 Å². The summed E-state index contributed by atoms with van der Waals surface area (Å²) in [6, 6.07) is 0. The Morgan fingerprint density at radius 3 is 2.29 bits per heavy atom. The highest BCUT2D eigenvalue weighted by Gasteiger charge is 2.49. The lowest BCUT2D eigenvalue weighted by Crippen LogP contribution is -2.28. The van der Waals surface area contributed by atoms with Gasteiger partial charge in [0.1, 0.15) is 4.91 Å². The molecular formula is C7H5F3O3S. The Hall–Kier alpha value is -1.11. The molecule has 0 heterocycles. The second-order valence-corrected chi connectivity index (χ2v) is 4.45. The van der Waals surface area contributed by atoms with Crippen molar-refractivity contribution >= 4 is 15.6 Å². The van der Waals surface area contributed by atoms with E-state index in [1.165, 1.54) is 6.08 Å². The van der Waals surface area contributed by atoms with E-state index < -0.39 is 26.0 Å². The van der Waals surface area contributed by atoms with Crippen LogP contribution in [-0.4, -0.2) is 19.7 Å². The van der Waals surface area contributed by atoms with E-state index in [0.717, 1.165) is 6.08 Å². The highest BCUT2D eigenvalue weighted by Crippen LogP contribution is 2.31. The van der Waals surface area contributed by atoms with Gasteiger partial charge < -0.3 is 0 Å². The zero-order valence-corrected chi connectivity index (χ0v) is 7.52. The molecule has 0 aromatic rings. The highest BCUT2D eigenvalue weighted by atomic mass is 32.2. The number of halogens is 3. The first-order valence-electron chi connectivity index (χ1n) is 3.48. The Bertz CT molecular complexity index is 414. The molecule has 1 aliphatic carbocycles. The summed E-state index contributed by atoms with van der Waals surface area (Å²) in [7, 11) is -5.49. The summed E-state index contributed by atoms with van der Waals surface area (Å²) in [6.45, 7) is 0. The first-order chi connectivity index (χ1) is 6.27. The van der Waals surface area contributed by atoms with Gasteiger partial charge in [-0.1, -0.05) is 12.2 Å². The Morgan fingerprint density at radius 1 is 1.29 bits per heavy atom. The van der Waals surface area contributed by atoms with Crippen LogP contribution in [0.25, 0.3) is 0 Å². The van der Waals surface area contributed by atoms with Gasteiger partial charge in [0.05, 0.1) is 0 Å². The van der Waals surface area contributed by atoms with Crippen LogP contribution in [0.4, 0.5) is 13.2 Å². The molecule has 0 N–H and O–H groups in total. The Kier molecular flexibility index (Phi) is 2.53. The van der Waals surface area contributed by atoms with Crippen LogP contribution in [0.5, 0.6) is 0 Å². The number of rotatable bonds is 1. The van der Waals surface area contributed by atoms with Crippen molar-refractivity contribution in [2.75, 3.05) is 0 Å². The summed E-state index contributed by atoms with van der Waals surface area (Å²) in [5, 5.41) is 0. The van der Waals surface area contributed by atoms with Gasteiger partial charge in [-0.05, 0) is 6.08 Å². The van der Waals surface area contributed by atoms with Crippen molar-refractivity contribution in [3.05, 3.63) is 23.1 Å². The predicted octanol–water partition coefficient (Wildman–Crippen LogP) is 1.33. The van der Waals surface area contributed by atoms with E-state index in [9.17, 15) is 26.4 Å². The van der Waals surface area contributed by atoms with E-state index >= 15 is 0 Å². The minimum absolute atomic E-state index is 0.318. The smallest absolute Gasteiger partial charge is 0.293 e. The third kappa shape index (κ3) is 1.72. The molecule has 0 bridgehead atoms. The number of alkyl halides is 3. The van der Waals surface area contributed by atoms with Crippen molar-refractivity contribution in [1.29, 1.82) is 0 Å². The number of carbonyl (C=O) groups excluding carboxylic acids is 1. The van der Waals surface area contributed by atoms with Gasteiger partial charge in [-0.3, -0.25) is 4.79 Å². The first kappa shape index (κ1) is 11.0. The van der Waals surface area contributed by atoms with Crippen LogP contribution in [0.2, 0.25) is 0 Å². The standard InChI is InChI=1S/C7H5F3O3S/c8-7(9,10)14(12,13)6-4-2-1-3-5(6)11/h1-2,4H,3H2. The second kappa shape index (κ2) is 3.23. The van der Waals surface area contributed by atoms with Crippen molar-refractivity contribution in [3.63, 3.8) is 0 Å². The fraction of sp³-hybridized carbons (Fsp3) is 0.286. The maximum absolute atomic E-state index is 12.0. The number of carbonyl (C=O) groups is 1. The monoisotopic (exact) mass is 226 g/mol. The third-order valence-electron chi connectivity index (χ3n) is 1.56. The average Bonchev–Trinajstić information content (AvgIpc) is 2.02. The Morgan fingerprint density at radius 2 is 1.86 bits per heavy atom. The van der Waals surface area contributed by atoms with E-state index in [-0.39, 0.29) is 6.42 Å². The van der Waals surface area contributed by atoms with Gasteiger partial charge in [0.15, 0.2) is 5.78 Å². The molecule has 0 saturated heterocycles. The maximum Gasteiger partial charge on any atom is 0.502 e. The Balaban J connectivity index is 3.24. The van der Waals surface area contributed by atoms with Gasteiger partial charge >= 0.3 is 5.51 Å². The summed E-state index contributed by atoms with van der Waals surface area (Å²) in [5.74, 6) is -1.04. The van der Waals surface area contributed by atoms with E-state index in [2.05, 4.69) is 0 Å². The summed E-state index contributed by atoms with van der Waals surface area (Å²) in [5.41, 5.74) is -5.42. The van der Waals surface area contributed by atoms with Crippen LogP contribution in [0.15, 0.2) is 23.1 Å². The van der Waals surface area contributed by atoms with Gasteiger partial charge in [0, 0.05) is 6.42 Å². The summed E-state index contributed by atoms with van der Waals surface area (Å²) in [4.78, 5) is 9.70. The van der Waals surface area contributed by atoms with Crippen LogP contribution >= 0.6 is 0 Å². The number of allylic oxidation sites excluding steroid dienone is 4. The predicted molar refractivity (Wildman–Crippen MR) is 41.8 cm³/mol. The summed E-state index contributed by atoms with van der Waals surface area (Å²) < 4.78 is 57.5. The molecule has 0 aromatic heterocycles. The van der Waals surface area contributed by atoms with Crippen molar-refractivity contribution in [1.82, 2.24) is 0 Å². The van der Waals surface area contributed by atoms with Crippen LogP contribution in [0, 0.1) is 0 Å². The topological polar surface area (TPSA) is 51.2 Å².